The Hall–Kier alpha value is -1.86. The standard InChI is InChI=1S/C12H17ClN4O3/c1-16(2)5-3-4-15-12(18)8-6-9(13)11(14)10(7-8)17(19)20/h6-7H,3-5,14H2,1-2H3,(H,15,18). The summed E-state index contributed by atoms with van der Waals surface area (Å²) in [4.78, 5) is 24.0. The Labute approximate surface area is 121 Å². The van der Waals surface area contributed by atoms with E-state index in [2.05, 4.69) is 5.32 Å². The minimum Gasteiger partial charge on any atom is -0.392 e. The van der Waals surface area contributed by atoms with Gasteiger partial charge in [0.05, 0.1) is 9.95 Å². The topological polar surface area (TPSA) is 102 Å². The van der Waals surface area contributed by atoms with Crippen molar-refractivity contribution in [2.75, 3.05) is 32.9 Å². The van der Waals surface area contributed by atoms with Gasteiger partial charge in [0.1, 0.15) is 5.69 Å². The van der Waals surface area contributed by atoms with Gasteiger partial charge in [0.15, 0.2) is 0 Å². The van der Waals surface area contributed by atoms with E-state index in [1.54, 1.807) is 0 Å². The number of hydrogen-bond acceptors (Lipinski definition) is 5. The number of halogens is 1. The van der Waals surface area contributed by atoms with Gasteiger partial charge in [0.25, 0.3) is 11.6 Å². The molecule has 0 aliphatic rings. The van der Waals surface area contributed by atoms with Gasteiger partial charge in [-0.2, -0.15) is 0 Å². The Morgan fingerprint density at radius 2 is 2.15 bits per heavy atom. The second kappa shape index (κ2) is 7.06. The molecule has 0 aliphatic carbocycles. The Balaban J connectivity index is 2.76. The first-order valence-corrected chi connectivity index (χ1v) is 6.37. The number of carbonyl (C=O) groups excluding carboxylic acids is 1. The van der Waals surface area contributed by atoms with E-state index in [9.17, 15) is 14.9 Å². The smallest absolute Gasteiger partial charge is 0.294 e. The molecule has 0 unspecified atom stereocenters. The fourth-order valence-electron chi connectivity index (χ4n) is 1.58. The zero-order valence-electron chi connectivity index (χ0n) is 11.4. The summed E-state index contributed by atoms with van der Waals surface area (Å²) in [5, 5.41) is 13.5. The molecule has 1 rings (SSSR count). The van der Waals surface area contributed by atoms with Crippen LogP contribution in [0.5, 0.6) is 0 Å². The first kappa shape index (κ1) is 16.2. The molecule has 7 nitrogen and oxygen atoms in total. The van der Waals surface area contributed by atoms with Crippen LogP contribution in [0, 0.1) is 10.1 Å². The van der Waals surface area contributed by atoms with Crippen LogP contribution in [-0.4, -0.2) is 42.9 Å². The average Bonchev–Trinajstić information content (AvgIpc) is 2.36. The number of nitrogens with zero attached hydrogens (tertiary/aromatic N) is 2. The summed E-state index contributed by atoms with van der Waals surface area (Å²) < 4.78 is 0. The minimum absolute atomic E-state index is 0.00218. The predicted octanol–water partition coefficient (Wildman–Crippen LogP) is 1.51. The van der Waals surface area contributed by atoms with Gasteiger partial charge in [0.2, 0.25) is 0 Å². The third-order valence-corrected chi connectivity index (χ3v) is 2.95. The number of amides is 1. The molecule has 0 spiro atoms. The molecule has 0 aliphatic heterocycles. The van der Waals surface area contributed by atoms with Crippen molar-refractivity contribution >= 4 is 28.9 Å². The molecule has 8 heteroatoms. The lowest BCUT2D eigenvalue weighted by Gasteiger charge is -2.10. The highest BCUT2D eigenvalue weighted by Gasteiger charge is 2.19. The number of benzene rings is 1. The number of hydrogen-bond donors (Lipinski definition) is 2. The van der Waals surface area contributed by atoms with Gasteiger partial charge in [-0.15, -0.1) is 0 Å². The van der Waals surface area contributed by atoms with Crippen LogP contribution < -0.4 is 11.1 Å². The molecular formula is C12H17ClN4O3. The number of nitrogens with two attached hydrogens (primary N) is 1. The molecule has 0 saturated heterocycles. The maximum atomic E-state index is 11.9. The highest BCUT2D eigenvalue weighted by molar-refractivity contribution is 6.34. The fourth-order valence-corrected chi connectivity index (χ4v) is 1.80. The maximum absolute atomic E-state index is 11.9. The van der Waals surface area contributed by atoms with E-state index in [1.807, 2.05) is 19.0 Å². The minimum atomic E-state index is -0.663. The molecule has 110 valence electrons. The van der Waals surface area contributed by atoms with Gasteiger partial charge >= 0.3 is 0 Å². The van der Waals surface area contributed by atoms with Crippen LogP contribution >= 0.6 is 11.6 Å². The van der Waals surface area contributed by atoms with Crippen LogP contribution in [0.4, 0.5) is 11.4 Å². The molecule has 0 aromatic heterocycles. The maximum Gasteiger partial charge on any atom is 0.294 e. The van der Waals surface area contributed by atoms with E-state index in [1.165, 1.54) is 6.07 Å². The highest BCUT2D eigenvalue weighted by atomic mass is 35.5. The van der Waals surface area contributed by atoms with E-state index in [0.717, 1.165) is 19.0 Å². The van der Waals surface area contributed by atoms with Crippen LogP contribution in [0.25, 0.3) is 0 Å². The monoisotopic (exact) mass is 300 g/mol. The van der Waals surface area contributed by atoms with E-state index in [0.29, 0.717) is 6.54 Å². The van der Waals surface area contributed by atoms with Crippen molar-refractivity contribution in [3.05, 3.63) is 32.8 Å². The second-order valence-electron chi connectivity index (χ2n) is 4.56. The van der Waals surface area contributed by atoms with Crippen molar-refractivity contribution in [1.82, 2.24) is 10.2 Å². The van der Waals surface area contributed by atoms with E-state index >= 15 is 0 Å². The summed E-state index contributed by atoms with van der Waals surface area (Å²) in [6.45, 7) is 1.32. The van der Waals surface area contributed by atoms with E-state index < -0.39 is 10.8 Å². The summed E-state index contributed by atoms with van der Waals surface area (Å²) in [6, 6.07) is 2.45. The van der Waals surface area contributed by atoms with Crippen molar-refractivity contribution in [3.8, 4) is 0 Å². The normalized spacial score (nSPS) is 10.6. The number of rotatable bonds is 6. The Kier molecular flexibility index (Phi) is 5.72. The highest BCUT2D eigenvalue weighted by Crippen LogP contribution is 2.30. The Morgan fingerprint density at radius 3 is 2.70 bits per heavy atom. The lowest BCUT2D eigenvalue weighted by Crippen LogP contribution is -2.27. The van der Waals surface area contributed by atoms with Crippen LogP contribution in [-0.2, 0) is 0 Å². The zero-order chi connectivity index (χ0) is 15.3. The molecule has 3 N–H and O–H groups in total. The van der Waals surface area contributed by atoms with E-state index in [4.69, 9.17) is 17.3 Å². The van der Waals surface area contributed by atoms with Gasteiger partial charge in [-0.3, -0.25) is 14.9 Å². The second-order valence-corrected chi connectivity index (χ2v) is 4.97. The van der Waals surface area contributed by atoms with Gasteiger partial charge in [0, 0.05) is 18.2 Å². The van der Waals surface area contributed by atoms with Crippen molar-refractivity contribution in [2.24, 2.45) is 0 Å². The molecule has 0 saturated carbocycles. The summed E-state index contributed by atoms with van der Waals surface area (Å²) >= 11 is 5.79. The van der Waals surface area contributed by atoms with Gasteiger partial charge in [-0.05, 0) is 33.1 Å². The SMILES string of the molecule is CN(C)CCCNC(=O)c1cc(Cl)c(N)c([N+](=O)[O-])c1. The molecule has 1 amide bonds. The molecule has 1 aromatic carbocycles. The number of nitrogen functional groups attached to an aromatic ring is 1. The number of nitrogens with one attached hydrogen (secondary N) is 1. The lowest BCUT2D eigenvalue weighted by atomic mass is 10.1. The van der Waals surface area contributed by atoms with Crippen LogP contribution in [0.1, 0.15) is 16.8 Å². The summed E-state index contributed by atoms with van der Waals surface area (Å²) in [6.07, 6.45) is 0.781. The first-order valence-electron chi connectivity index (χ1n) is 5.99. The third kappa shape index (κ3) is 4.36. The Morgan fingerprint density at radius 1 is 1.50 bits per heavy atom. The van der Waals surface area contributed by atoms with E-state index in [-0.39, 0.29) is 22.0 Å². The predicted molar refractivity (Wildman–Crippen MR) is 78.0 cm³/mol. The summed E-state index contributed by atoms with van der Waals surface area (Å²) in [7, 11) is 3.87. The van der Waals surface area contributed by atoms with Crippen LogP contribution in [0.15, 0.2) is 12.1 Å². The first-order chi connectivity index (χ1) is 9.32. The summed E-state index contributed by atoms with van der Waals surface area (Å²) in [5.74, 6) is -0.409. The number of nitro benzene ring substituents is 1. The quantitative estimate of drug-likeness (QED) is 0.359. The average molecular weight is 301 g/mol. The van der Waals surface area contributed by atoms with Crippen LogP contribution in [0.2, 0.25) is 5.02 Å². The number of carbonyl (C=O) groups is 1. The molecule has 0 atom stereocenters. The van der Waals surface area contributed by atoms with Gasteiger partial charge in [-0.25, -0.2) is 0 Å². The van der Waals surface area contributed by atoms with Crippen LogP contribution in [0.3, 0.4) is 0 Å². The summed E-state index contributed by atoms with van der Waals surface area (Å²) in [5.41, 5.74) is 5.12. The number of nitro groups is 1. The van der Waals surface area contributed by atoms with Crippen molar-refractivity contribution in [1.29, 1.82) is 0 Å². The molecule has 0 heterocycles. The van der Waals surface area contributed by atoms with Crippen molar-refractivity contribution in [2.45, 2.75) is 6.42 Å². The van der Waals surface area contributed by atoms with Crippen molar-refractivity contribution in [3.63, 3.8) is 0 Å². The molecule has 20 heavy (non-hydrogen) atoms. The molecule has 0 bridgehead atoms. The van der Waals surface area contributed by atoms with Gasteiger partial charge < -0.3 is 16.0 Å². The lowest BCUT2D eigenvalue weighted by molar-refractivity contribution is -0.383. The molecular weight excluding hydrogens is 284 g/mol. The zero-order valence-corrected chi connectivity index (χ0v) is 12.1. The van der Waals surface area contributed by atoms with Crippen molar-refractivity contribution < 1.29 is 9.72 Å². The molecule has 1 aromatic rings. The van der Waals surface area contributed by atoms with Gasteiger partial charge in [-0.1, -0.05) is 11.6 Å². The Bertz CT molecular complexity index is 520. The fraction of sp³-hybridized carbons (Fsp3) is 0.417. The molecule has 0 radical (unpaired) electrons. The largest absolute Gasteiger partial charge is 0.392 e. The molecule has 0 fully saturated rings. The third-order valence-electron chi connectivity index (χ3n) is 2.63. The number of anilines is 1.